The van der Waals surface area contributed by atoms with Crippen molar-refractivity contribution < 1.29 is 0 Å². The fourth-order valence-corrected chi connectivity index (χ4v) is 3.03. The van der Waals surface area contributed by atoms with Gasteiger partial charge in [0.05, 0.1) is 18.8 Å². The first kappa shape index (κ1) is 18.7. The summed E-state index contributed by atoms with van der Waals surface area (Å²) in [7, 11) is 0. The van der Waals surface area contributed by atoms with E-state index in [2.05, 4.69) is 45.6 Å². The van der Waals surface area contributed by atoms with Crippen molar-refractivity contribution >= 4 is 0 Å². The summed E-state index contributed by atoms with van der Waals surface area (Å²) in [6.07, 6.45) is 3.57. The maximum Gasteiger partial charge on any atom is 0.266 e. The Morgan fingerprint density at radius 2 is 1.62 bits per heavy atom. The molecular formula is C19H28N6O. The Morgan fingerprint density at radius 3 is 2.27 bits per heavy atom. The molecule has 2 aromatic heterocycles. The molecule has 0 N–H and O–H groups in total. The lowest BCUT2D eigenvalue weighted by atomic mass is 9.92. The van der Waals surface area contributed by atoms with E-state index in [1.807, 2.05) is 12.1 Å². The molecule has 0 atom stereocenters. The van der Waals surface area contributed by atoms with Gasteiger partial charge in [-0.15, -0.1) is 0 Å². The normalized spacial score (nSPS) is 16.7. The van der Waals surface area contributed by atoms with Gasteiger partial charge in [-0.2, -0.15) is 5.10 Å². The summed E-state index contributed by atoms with van der Waals surface area (Å²) in [5.41, 5.74) is 0.864. The minimum Gasteiger partial charge on any atom is -0.299 e. The summed E-state index contributed by atoms with van der Waals surface area (Å²) in [6.45, 7) is 12.6. The molecule has 1 fully saturated rings. The highest BCUT2D eigenvalue weighted by molar-refractivity contribution is 5.10. The van der Waals surface area contributed by atoms with Crippen LogP contribution in [0.2, 0.25) is 0 Å². The Morgan fingerprint density at radius 1 is 0.962 bits per heavy atom. The maximum atomic E-state index is 12.1. The van der Waals surface area contributed by atoms with Crippen LogP contribution in [0.3, 0.4) is 0 Å². The third-order valence-electron chi connectivity index (χ3n) is 4.71. The van der Waals surface area contributed by atoms with Gasteiger partial charge in [0.2, 0.25) is 0 Å². The van der Waals surface area contributed by atoms with Gasteiger partial charge < -0.3 is 0 Å². The van der Waals surface area contributed by atoms with Crippen molar-refractivity contribution in [2.45, 2.75) is 39.3 Å². The van der Waals surface area contributed by atoms with Gasteiger partial charge >= 0.3 is 0 Å². The van der Waals surface area contributed by atoms with Gasteiger partial charge in [0.1, 0.15) is 5.82 Å². The Hall–Kier alpha value is -2.12. The number of hydrogen-bond acceptors (Lipinski definition) is 6. The molecule has 3 heterocycles. The molecule has 3 rings (SSSR count). The molecule has 7 nitrogen and oxygen atoms in total. The van der Waals surface area contributed by atoms with E-state index in [0.29, 0.717) is 6.54 Å². The maximum absolute atomic E-state index is 12.1. The van der Waals surface area contributed by atoms with Crippen LogP contribution in [0.1, 0.15) is 32.3 Å². The van der Waals surface area contributed by atoms with Crippen molar-refractivity contribution in [3.05, 3.63) is 52.5 Å². The molecule has 0 spiro atoms. The molecule has 1 saturated heterocycles. The second-order valence-electron chi connectivity index (χ2n) is 7.81. The predicted octanol–water partition coefficient (Wildman–Crippen LogP) is 1.15. The lowest BCUT2D eigenvalue weighted by molar-refractivity contribution is 0.120. The summed E-state index contributed by atoms with van der Waals surface area (Å²) >= 11 is 0. The molecular weight excluding hydrogens is 328 g/mol. The minimum absolute atomic E-state index is 0.0298. The molecule has 2 aromatic rings. The zero-order valence-corrected chi connectivity index (χ0v) is 15.9. The van der Waals surface area contributed by atoms with Crippen LogP contribution in [0.25, 0.3) is 0 Å². The predicted molar refractivity (Wildman–Crippen MR) is 101 cm³/mol. The largest absolute Gasteiger partial charge is 0.299 e. The molecule has 140 valence electrons. The number of hydrogen-bond donors (Lipinski definition) is 0. The second kappa shape index (κ2) is 8.05. The Kier molecular flexibility index (Phi) is 5.78. The molecule has 0 amide bonds. The van der Waals surface area contributed by atoms with Crippen molar-refractivity contribution in [2.75, 3.05) is 32.7 Å². The Bertz CT molecular complexity index is 760. The standard InChI is InChI=1S/C19H28N6O/c1-19(2,3)16-5-6-18(26)25(22-16)14-13-23-9-11-24(12-10-23)15-17-20-7-4-8-21-17/h4-8H,9-15H2,1-3H3. The quantitative estimate of drug-likeness (QED) is 0.801. The van der Waals surface area contributed by atoms with Gasteiger partial charge in [-0.3, -0.25) is 14.6 Å². The average molecular weight is 356 g/mol. The number of piperazine rings is 1. The molecule has 0 bridgehead atoms. The molecule has 0 saturated carbocycles. The molecule has 1 aliphatic rings. The molecule has 7 heteroatoms. The lowest BCUT2D eigenvalue weighted by Crippen LogP contribution is -2.47. The van der Waals surface area contributed by atoms with Crippen molar-refractivity contribution in [1.29, 1.82) is 0 Å². The Labute approximate surface area is 154 Å². The zero-order valence-electron chi connectivity index (χ0n) is 15.9. The van der Waals surface area contributed by atoms with E-state index >= 15 is 0 Å². The molecule has 0 unspecified atom stereocenters. The van der Waals surface area contributed by atoms with Crippen LogP contribution in [0.5, 0.6) is 0 Å². The lowest BCUT2D eigenvalue weighted by Gasteiger charge is -2.34. The van der Waals surface area contributed by atoms with E-state index in [-0.39, 0.29) is 11.0 Å². The van der Waals surface area contributed by atoms with Crippen molar-refractivity contribution in [2.24, 2.45) is 0 Å². The van der Waals surface area contributed by atoms with Crippen LogP contribution in [-0.2, 0) is 18.5 Å². The first-order chi connectivity index (χ1) is 12.4. The summed E-state index contributed by atoms with van der Waals surface area (Å²) in [5, 5.41) is 4.55. The minimum atomic E-state index is -0.0550. The van der Waals surface area contributed by atoms with Crippen LogP contribution in [0.15, 0.2) is 35.4 Å². The van der Waals surface area contributed by atoms with Gasteiger partial charge in [0.15, 0.2) is 0 Å². The summed E-state index contributed by atoms with van der Waals surface area (Å²) in [5.74, 6) is 0.871. The fourth-order valence-electron chi connectivity index (χ4n) is 3.03. The van der Waals surface area contributed by atoms with Crippen LogP contribution in [0, 0.1) is 0 Å². The highest BCUT2D eigenvalue weighted by Gasteiger charge is 2.19. The monoisotopic (exact) mass is 356 g/mol. The summed E-state index contributed by atoms with van der Waals surface area (Å²) < 4.78 is 1.60. The van der Waals surface area contributed by atoms with E-state index in [4.69, 9.17) is 0 Å². The smallest absolute Gasteiger partial charge is 0.266 e. The van der Waals surface area contributed by atoms with Gasteiger partial charge in [-0.25, -0.2) is 14.6 Å². The zero-order chi connectivity index (χ0) is 18.6. The highest BCUT2D eigenvalue weighted by Crippen LogP contribution is 2.18. The van der Waals surface area contributed by atoms with E-state index in [1.54, 1.807) is 23.1 Å². The molecule has 0 radical (unpaired) electrons. The SMILES string of the molecule is CC(C)(C)c1ccc(=O)n(CCN2CCN(Cc3ncccn3)CC2)n1. The summed E-state index contributed by atoms with van der Waals surface area (Å²) in [6, 6.07) is 5.31. The first-order valence-corrected chi connectivity index (χ1v) is 9.21. The van der Waals surface area contributed by atoms with Crippen LogP contribution >= 0.6 is 0 Å². The Balaban J connectivity index is 1.50. The van der Waals surface area contributed by atoms with Gasteiger partial charge in [0.25, 0.3) is 5.56 Å². The number of nitrogens with zero attached hydrogens (tertiary/aromatic N) is 6. The van der Waals surface area contributed by atoms with E-state index in [1.165, 1.54) is 0 Å². The van der Waals surface area contributed by atoms with Gasteiger partial charge in [-0.1, -0.05) is 20.8 Å². The molecule has 0 aromatic carbocycles. The molecule has 0 aliphatic carbocycles. The van der Waals surface area contributed by atoms with Gasteiger partial charge in [0, 0.05) is 56.6 Å². The number of aromatic nitrogens is 4. The topological polar surface area (TPSA) is 67.2 Å². The van der Waals surface area contributed by atoms with Crippen molar-refractivity contribution in [3.63, 3.8) is 0 Å². The second-order valence-corrected chi connectivity index (χ2v) is 7.81. The van der Waals surface area contributed by atoms with E-state index in [0.717, 1.165) is 50.8 Å². The fraction of sp³-hybridized carbons (Fsp3) is 0.579. The molecule has 26 heavy (non-hydrogen) atoms. The molecule has 1 aliphatic heterocycles. The number of rotatable bonds is 5. The van der Waals surface area contributed by atoms with Crippen molar-refractivity contribution in [1.82, 2.24) is 29.5 Å². The summed E-state index contributed by atoms with van der Waals surface area (Å²) in [4.78, 5) is 25.4. The third-order valence-corrected chi connectivity index (χ3v) is 4.71. The van der Waals surface area contributed by atoms with Crippen LogP contribution < -0.4 is 5.56 Å². The van der Waals surface area contributed by atoms with Gasteiger partial charge in [-0.05, 0) is 12.1 Å². The van der Waals surface area contributed by atoms with E-state index < -0.39 is 0 Å². The highest BCUT2D eigenvalue weighted by atomic mass is 16.1. The van der Waals surface area contributed by atoms with Crippen LogP contribution in [0.4, 0.5) is 0 Å². The van der Waals surface area contributed by atoms with Crippen LogP contribution in [-0.4, -0.2) is 62.3 Å². The first-order valence-electron chi connectivity index (χ1n) is 9.21. The third kappa shape index (κ3) is 4.95. The van der Waals surface area contributed by atoms with Crippen molar-refractivity contribution in [3.8, 4) is 0 Å². The average Bonchev–Trinajstić information content (AvgIpc) is 2.62. The van der Waals surface area contributed by atoms with E-state index in [9.17, 15) is 4.79 Å².